The standard InChI is InChI=1S/C16H22ClN5/c1-16(2,3)22-8-6-11(7-9-22)20-15-14-12(18-10-19-15)4-5-13(17)21-14/h4-5,10-11H,6-9H2,1-3H3,(H,18,19,20). The molecule has 5 nitrogen and oxygen atoms in total. The number of hydrogen-bond acceptors (Lipinski definition) is 5. The van der Waals surface area contributed by atoms with E-state index in [9.17, 15) is 0 Å². The van der Waals surface area contributed by atoms with Gasteiger partial charge in [-0.25, -0.2) is 15.0 Å². The van der Waals surface area contributed by atoms with E-state index in [-0.39, 0.29) is 5.54 Å². The van der Waals surface area contributed by atoms with Crippen LogP contribution in [0, 0.1) is 0 Å². The molecule has 2 aromatic rings. The van der Waals surface area contributed by atoms with Crippen molar-refractivity contribution in [3.05, 3.63) is 23.6 Å². The molecule has 1 aliphatic rings. The second kappa shape index (κ2) is 5.97. The summed E-state index contributed by atoms with van der Waals surface area (Å²) in [5.41, 5.74) is 1.80. The summed E-state index contributed by atoms with van der Waals surface area (Å²) < 4.78 is 0. The van der Waals surface area contributed by atoms with Gasteiger partial charge < -0.3 is 5.32 Å². The van der Waals surface area contributed by atoms with E-state index in [2.05, 4.69) is 45.9 Å². The Morgan fingerprint density at radius 2 is 1.91 bits per heavy atom. The smallest absolute Gasteiger partial charge is 0.156 e. The molecule has 1 N–H and O–H groups in total. The molecule has 0 spiro atoms. The summed E-state index contributed by atoms with van der Waals surface area (Å²) in [7, 11) is 0. The number of likely N-dealkylation sites (tertiary alicyclic amines) is 1. The lowest BCUT2D eigenvalue weighted by Gasteiger charge is -2.41. The highest BCUT2D eigenvalue weighted by Crippen LogP contribution is 2.24. The molecule has 0 radical (unpaired) electrons. The maximum Gasteiger partial charge on any atom is 0.156 e. The molecule has 0 amide bonds. The third kappa shape index (κ3) is 3.31. The lowest BCUT2D eigenvalue weighted by Crippen LogP contribution is -2.48. The summed E-state index contributed by atoms with van der Waals surface area (Å²) in [4.78, 5) is 15.5. The molecule has 2 aromatic heterocycles. The van der Waals surface area contributed by atoms with Crippen LogP contribution >= 0.6 is 11.6 Å². The van der Waals surface area contributed by atoms with Crippen molar-refractivity contribution < 1.29 is 0 Å². The Morgan fingerprint density at radius 1 is 1.18 bits per heavy atom. The first-order valence-corrected chi connectivity index (χ1v) is 8.10. The van der Waals surface area contributed by atoms with Gasteiger partial charge in [-0.05, 0) is 45.7 Å². The Bertz CT molecular complexity index is 659. The zero-order valence-corrected chi connectivity index (χ0v) is 14.1. The summed E-state index contributed by atoms with van der Waals surface area (Å²) in [6.07, 6.45) is 3.78. The van der Waals surface area contributed by atoms with Crippen molar-refractivity contribution in [3.8, 4) is 0 Å². The fourth-order valence-electron chi connectivity index (χ4n) is 2.91. The number of nitrogens with one attached hydrogen (secondary N) is 1. The molecule has 1 saturated heterocycles. The third-order valence-corrected chi connectivity index (χ3v) is 4.44. The van der Waals surface area contributed by atoms with Crippen LogP contribution in [0.1, 0.15) is 33.6 Å². The van der Waals surface area contributed by atoms with E-state index in [4.69, 9.17) is 11.6 Å². The molecule has 0 aliphatic carbocycles. The molecule has 3 rings (SSSR count). The van der Waals surface area contributed by atoms with Crippen molar-refractivity contribution in [2.24, 2.45) is 0 Å². The average molecular weight is 320 g/mol. The molecule has 1 fully saturated rings. The van der Waals surface area contributed by atoms with Crippen molar-refractivity contribution in [3.63, 3.8) is 0 Å². The number of piperidine rings is 1. The minimum absolute atomic E-state index is 0.238. The second-order valence-electron chi connectivity index (χ2n) is 6.80. The van der Waals surface area contributed by atoms with E-state index >= 15 is 0 Å². The van der Waals surface area contributed by atoms with Gasteiger partial charge in [0.1, 0.15) is 17.0 Å². The highest BCUT2D eigenvalue weighted by Gasteiger charge is 2.27. The Morgan fingerprint density at radius 3 is 2.59 bits per heavy atom. The van der Waals surface area contributed by atoms with Gasteiger partial charge in [0.25, 0.3) is 0 Å². The molecule has 118 valence electrons. The minimum Gasteiger partial charge on any atom is -0.365 e. The Labute approximate surface area is 136 Å². The number of rotatable bonds is 2. The van der Waals surface area contributed by atoms with Gasteiger partial charge in [-0.15, -0.1) is 0 Å². The van der Waals surface area contributed by atoms with Gasteiger partial charge in [0.2, 0.25) is 0 Å². The van der Waals surface area contributed by atoms with Crippen molar-refractivity contribution >= 4 is 28.5 Å². The van der Waals surface area contributed by atoms with Gasteiger partial charge in [0.15, 0.2) is 5.82 Å². The second-order valence-corrected chi connectivity index (χ2v) is 7.19. The molecule has 6 heteroatoms. The van der Waals surface area contributed by atoms with Crippen molar-refractivity contribution in [2.45, 2.75) is 45.2 Å². The highest BCUT2D eigenvalue weighted by atomic mass is 35.5. The van der Waals surface area contributed by atoms with Crippen molar-refractivity contribution in [1.29, 1.82) is 0 Å². The van der Waals surface area contributed by atoms with Crippen LogP contribution in [0.4, 0.5) is 5.82 Å². The average Bonchev–Trinajstić information content (AvgIpc) is 2.47. The zero-order valence-electron chi connectivity index (χ0n) is 13.3. The largest absolute Gasteiger partial charge is 0.365 e. The lowest BCUT2D eigenvalue weighted by atomic mass is 9.98. The highest BCUT2D eigenvalue weighted by molar-refractivity contribution is 6.29. The first kappa shape index (κ1) is 15.4. The first-order chi connectivity index (χ1) is 10.4. The Balaban J connectivity index is 1.74. The van der Waals surface area contributed by atoms with Gasteiger partial charge in [-0.2, -0.15) is 0 Å². The van der Waals surface area contributed by atoms with E-state index < -0.39 is 0 Å². The molecule has 0 bridgehead atoms. The Kier molecular flexibility index (Phi) is 4.19. The quantitative estimate of drug-likeness (QED) is 0.860. The molecular weight excluding hydrogens is 298 g/mol. The molecule has 0 aromatic carbocycles. The van der Waals surface area contributed by atoms with Crippen LogP contribution in [0.15, 0.2) is 18.5 Å². The number of aromatic nitrogens is 3. The van der Waals surface area contributed by atoms with Gasteiger partial charge in [-0.3, -0.25) is 4.90 Å². The SMILES string of the molecule is CC(C)(C)N1CCC(Nc2ncnc3ccc(Cl)nc23)CC1. The summed E-state index contributed by atoms with van der Waals surface area (Å²) in [6, 6.07) is 4.04. The van der Waals surface area contributed by atoms with Crippen LogP contribution in [0.3, 0.4) is 0 Å². The first-order valence-electron chi connectivity index (χ1n) is 7.72. The van der Waals surface area contributed by atoms with Crippen LogP contribution in [-0.4, -0.2) is 44.5 Å². The van der Waals surface area contributed by atoms with E-state index in [0.29, 0.717) is 11.2 Å². The number of anilines is 1. The topological polar surface area (TPSA) is 53.9 Å². The van der Waals surface area contributed by atoms with Crippen molar-refractivity contribution in [2.75, 3.05) is 18.4 Å². The molecule has 0 atom stereocenters. The summed E-state index contributed by atoms with van der Waals surface area (Å²) in [5, 5.41) is 3.99. The maximum atomic E-state index is 6.00. The van der Waals surface area contributed by atoms with Gasteiger partial charge in [-0.1, -0.05) is 11.6 Å². The number of pyridine rings is 1. The fourth-order valence-corrected chi connectivity index (χ4v) is 3.06. The Hall–Kier alpha value is -1.46. The zero-order chi connectivity index (χ0) is 15.7. The summed E-state index contributed by atoms with van der Waals surface area (Å²) >= 11 is 6.00. The van der Waals surface area contributed by atoms with E-state index in [1.165, 1.54) is 0 Å². The van der Waals surface area contributed by atoms with Crippen molar-refractivity contribution in [1.82, 2.24) is 19.9 Å². The molecular formula is C16H22ClN5. The summed E-state index contributed by atoms with van der Waals surface area (Å²) in [6.45, 7) is 9.00. The fraction of sp³-hybridized carbons (Fsp3) is 0.562. The lowest BCUT2D eigenvalue weighted by molar-refractivity contribution is 0.106. The monoisotopic (exact) mass is 319 g/mol. The normalized spacial score (nSPS) is 17.8. The summed E-state index contributed by atoms with van der Waals surface area (Å²) in [5.74, 6) is 0.779. The van der Waals surface area contributed by atoms with Gasteiger partial charge >= 0.3 is 0 Å². The number of fused-ring (bicyclic) bond motifs is 1. The predicted molar refractivity (Wildman–Crippen MR) is 90.3 cm³/mol. The van der Waals surface area contributed by atoms with E-state index in [0.717, 1.165) is 42.8 Å². The minimum atomic E-state index is 0.238. The molecule has 3 heterocycles. The van der Waals surface area contributed by atoms with E-state index in [1.54, 1.807) is 12.4 Å². The van der Waals surface area contributed by atoms with Crippen LogP contribution in [0.2, 0.25) is 5.15 Å². The molecule has 1 aliphatic heterocycles. The van der Waals surface area contributed by atoms with Crippen LogP contribution in [0.5, 0.6) is 0 Å². The maximum absolute atomic E-state index is 6.00. The van der Waals surface area contributed by atoms with Gasteiger partial charge in [0, 0.05) is 24.7 Å². The van der Waals surface area contributed by atoms with Gasteiger partial charge in [0.05, 0.1) is 5.52 Å². The molecule has 0 unspecified atom stereocenters. The van der Waals surface area contributed by atoms with Crippen LogP contribution in [0.25, 0.3) is 11.0 Å². The molecule has 0 saturated carbocycles. The predicted octanol–water partition coefficient (Wildman–Crippen LogP) is 3.35. The van der Waals surface area contributed by atoms with E-state index in [1.807, 2.05) is 6.07 Å². The van der Waals surface area contributed by atoms with Crippen LogP contribution < -0.4 is 5.32 Å². The van der Waals surface area contributed by atoms with Crippen LogP contribution in [-0.2, 0) is 0 Å². The molecule has 22 heavy (non-hydrogen) atoms. The number of halogens is 1. The number of hydrogen-bond donors (Lipinski definition) is 1. The number of nitrogens with zero attached hydrogens (tertiary/aromatic N) is 4. The third-order valence-electron chi connectivity index (χ3n) is 4.23.